The Kier molecular flexibility index (Phi) is 5.02. The molecule has 12 heteroatoms. The third-order valence-corrected chi connectivity index (χ3v) is 3.67. The maximum Gasteiger partial charge on any atom is 0.300 e. The zero-order valence-electron chi connectivity index (χ0n) is 12.0. The number of anilines is 1. The summed E-state index contributed by atoms with van der Waals surface area (Å²) in [6.45, 7) is 0. The van der Waals surface area contributed by atoms with Gasteiger partial charge in [0, 0.05) is 23.8 Å². The minimum absolute atomic E-state index is 0.0187. The number of carbonyl (C=O) groups is 1. The molecule has 0 atom stereocenters. The van der Waals surface area contributed by atoms with Gasteiger partial charge in [-0.05, 0) is 28.1 Å². The van der Waals surface area contributed by atoms with Crippen LogP contribution in [0.25, 0.3) is 0 Å². The fourth-order valence-electron chi connectivity index (χ4n) is 1.87. The van der Waals surface area contributed by atoms with Gasteiger partial charge in [0.1, 0.15) is 5.69 Å². The van der Waals surface area contributed by atoms with Crippen molar-refractivity contribution in [2.75, 3.05) is 5.32 Å². The van der Waals surface area contributed by atoms with Crippen LogP contribution >= 0.6 is 15.9 Å². The first-order chi connectivity index (χ1) is 11.7. The largest absolute Gasteiger partial charge is 0.315 e. The molecule has 0 saturated carbocycles. The van der Waals surface area contributed by atoms with E-state index in [2.05, 4.69) is 21.2 Å². The van der Waals surface area contributed by atoms with Crippen LogP contribution in [0, 0.1) is 30.3 Å². The van der Waals surface area contributed by atoms with Gasteiger partial charge >= 0.3 is 5.69 Å². The molecule has 0 radical (unpaired) electrons. The highest BCUT2D eigenvalue weighted by Gasteiger charge is 2.25. The van der Waals surface area contributed by atoms with Crippen LogP contribution in [0.4, 0.5) is 22.7 Å². The first-order valence-corrected chi connectivity index (χ1v) is 7.18. The van der Waals surface area contributed by atoms with E-state index in [1.807, 2.05) is 0 Å². The molecule has 2 aromatic carbocycles. The number of halogens is 1. The Morgan fingerprint density at radius 3 is 1.92 bits per heavy atom. The molecule has 25 heavy (non-hydrogen) atoms. The number of carbonyl (C=O) groups excluding carboxylic acids is 1. The number of nitro benzene ring substituents is 3. The van der Waals surface area contributed by atoms with E-state index in [4.69, 9.17) is 0 Å². The van der Waals surface area contributed by atoms with Gasteiger partial charge in [0.25, 0.3) is 17.3 Å². The van der Waals surface area contributed by atoms with E-state index in [0.717, 1.165) is 24.3 Å². The number of nitrogens with zero attached hydrogens (tertiary/aromatic N) is 3. The number of amides is 1. The molecule has 1 N–H and O–H groups in total. The summed E-state index contributed by atoms with van der Waals surface area (Å²) in [4.78, 5) is 42.4. The molecule has 0 heterocycles. The van der Waals surface area contributed by atoms with Crippen molar-refractivity contribution in [2.45, 2.75) is 0 Å². The summed E-state index contributed by atoms with van der Waals surface area (Å²) in [7, 11) is 0. The molecule has 0 saturated heterocycles. The van der Waals surface area contributed by atoms with Crippen LogP contribution in [0.2, 0.25) is 0 Å². The Balaban J connectivity index is 2.38. The number of nitrogens with one attached hydrogen (secondary N) is 1. The first kappa shape index (κ1) is 17.9. The lowest BCUT2D eigenvalue weighted by molar-refractivity contribution is -0.393. The summed E-state index contributed by atoms with van der Waals surface area (Å²) in [6, 6.07) is 6.30. The predicted molar refractivity (Wildman–Crippen MR) is 88.5 cm³/mol. The SMILES string of the molecule is O=C(Nc1c(Br)cc([N+](=O)[O-])cc1[N+](=O)[O-])c1ccc([N+](=O)[O-])cc1. The number of rotatable bonds is 5. The minimum atomic E-state index is -0.872. The average molecular weight is 411 g/mol. The quantitative estimate of drug-likeness (QED) is 0.583. The van der Waals surface area contributed by atoms with Crippen molar-refractivity contribution in [3.63, 3.8) is 0 Å². The molecule has 128 valence electrons. The second-order valence-corrected chi connectivity index (χ2v) is 5.45. The topological polar surface area (TPSA) is 159 Å². The van der Waals surface area contributed by atoms with Crippen molar-refractivity contribution >= 4 is 44.6 Å². The summed E-state index contributed by atoms with van der Waals surface area (Å²) >= 11 is 2.95. The fraction of sp³-hybridized carbons (Fsp3) is 0. The molecule has 2 aromatic rings. The molecule has 0 bridgehead atoms. The zero-order valence-corrected chi connectivity index (χ0v) is 13.6. The van der Waals surface area contributed by atoms with Crippen molar-refractivity contribution in [3.05, 3.63) is 76.8 Å². The lowest BCUT2D eigenvalue weighted by Gasteiger charge is -2.08. The highest BCUT2D eigenvalue weighted by atomic mass is 79.9. The Labute approximate surface area is 146 Å². The Morgan fingerprint density at radius 1 is 0.880 bits per heavy atom. The molecule has 0 unspecified atom stereocenters. The third kappa shape index (κ3) is 3.92. The van der Waals surface area contributed by atoms with Crippen LogP contribution in [0.15, 0.2) is 40.9 Å². The number of hydrogen-bond donors (Lipinski definition) is 1. The summed E-state index contributed by atoms with van der Waals surface area (Å²) in [5.41, 5.74) is -1.66. The summed E-state index contributed by atoms with van der Waals surface area (Å²) in [5, 5.41) is 34.8. The highest BCUT2D eigenvalue weighted by molar-refractivity contribution is 9.10. The molecule has 0 fully saturated rings. The molecule has 0 aliphatic heterocycles. The van der Waals surface area contributed by atoms with Crippen LogP contribution in [-0.4, -0.2) is 20.7 Å². The summed E-state index contributed by atoms with van der Waals surface area (Å²) < 4.78 is -0.0522. The first-order valence-electron chi connectivity index (χ1n) is 6.39. The number of non-ortho nitro benzene ring substituents is 2. The average Bonchev–Trinajstić information content (AvgIpc) is 2.55. The van der Waals surface area contributed by atoms with E-state index in [1.54, 1.807) is 0 Å². The van der Waals surface area contributed by atoms with Gasteiger partial charge in [0.15, 0.2) is 0 Å². The number of benzene rings is 2. The van der Waals surface area contributed by atoms with Gasteiger partial charge in [-0.25, -0.2) is 0 Å². The summed E-state index contributed by atoms with van der Waals surface area (Å²) in [5.74, 6) is -0.771. The van der Waals surface area contributed by atoms with E-state index in [9.17, 15) is 35.1 Å². The Hall–Kier alpha value is -3.41. The van der Waals surface area contributed by atoms with Gasteiger partial charge in [-0.1, -0.05) is 0 Å². The maximum atomic E-state index is 12.2. The fourth-order valence-corrected chi connectivity index (χ4v) is 2.41. The molecular weight excluding hydrogens is 404 g/mol. The molecule has 0 spiro atoms. The number of hydrogen-bond acceptors (Lipinski definition) is 7. The second-order valence-electron chi connectivity index (χ2n) is 4.59. The molecular formula is C13H7BrN4O7. The van der Waals surface area contributed by atoms with E-state index in [1.165, 1.54) is 12.1 Å². The molecule has 0 aliphatic carbocycles. The van der Waals surface area contributed by atoms with Crippen molar-refractivity contribution in [3.8, 4) is 0 Å². The smallest absolute Gasteiger partial charge is 0.300 e. The molecule has 2 rings (SSSR count). The van der Waals surface area contributed by atoms with E-state index < -0.39 is 32.1 Å². The van der Waals surface area contributed by atoms with Gasteiger partial charge in [0.05, 0.1) is 25.3 Å². The molecule has 11 nitrogen and oxygen atoms in total. The van der Waals surface area contributed by atoms with Crippen LogP contribution < -0.4 is 5.32 Å². The molecule has 1 amide bonds. The van der Waals surface area contributed by atoms with Crippen molar-refractivity contribution < 1.29 is 19.6 Å². The lowest BCUT2D eigenvalue weighted by Crippen LogP contribution is -2.14. The Bertz CT molecular complexity index is 898. The van der Waals surface area contributed by atoms with Crippen LogP contribution in [0.3, 0.4) is 0 Å². The number of nitro groups is 3. The van der Waals surface area contributed by atoms with E-state index in [0.29, 0.717) is 0 Å². The van der Waals surface area contributed by atoms with Crippen LogP contribution in [0.5, 0.6) is 0 Å². The van der Waals surface area contributed by atoms with Crippen LogP contribution in [-0.2, 0) is 0 Å². The van der Waals surface area contributed by atoms with Gasteiger partial charge in [-0.2, -0.15) is 0 Å². The van der Waals surface area contributed by atoms with E-state index >= 15 is 0 Å². The zero-order chi connectivity index (χ0) is 18.7. The molecule has 0 aliphatic rings. The van der Waals surface area contributed by atoms with Gasteiger partial charge < -0.3 is 5.32 Å². The molecule has 0 aromatic heterocycles. The van der Waals surface area contributed by atoms with Gasteiger partial charge in [-0.15, -0.1) is 0 Å². The lowest BCUT2D eigenvalue weighted by atomic mass is 10.1. The third-order valence-electron chi connectivity index (χ3n) is 3.04. The predicted octanol–water partition coefficient (Wildman–Crippen LogP) is 3.43. The monoisotopic (exact) mass is 410 g/mol. The normalized spacial score (nSPS) is 10.1. The van der Waals surface area contributed by atoms with Gasteiger partial charge in [0.2, 0.25) is 0 Å². The summed E-state index contributed by atoms with van der Waals surface area (Å²) in [6.07, 6.45) is 0. The van der Waals surface area contributed by atoms with Crippen molar-refractivity contribution in [1.82, 2.24) is 0 Å². The highest BCUT2D eigenvalue weighted by Crippen LogP contribution is 2.37. The van der Waals surface area contributed by atoms with E-state index in [-0.39, 0.29) is 21.4 Å². The second kappa shape index (κ2) is 7.00. The van der Waals surface area contributed by atoms with Crippen molar-refractivity contribution in [1.29, 1.82) is 0 Å². The van der Waals surface area contributed by atoms with Crippen LogP contribution in [0.1, 0.15) is 10.4 Å². The van der Waals surface area contributed by atoms with Crippen molar-refractivity contribution in [2.24, 2.45) is 0 Å². The minimum Gasteiger partial charge on any atom is -0.315 e. The maximum absolute atomic E-state index is 12.2. The Morgan fingerprint density at radius 2 is 1.44 bits per heavy atom. The standard InChI is InChI=1S/C13H7BrN4O7/c14-10-5-9(17(22)23)6-11(18(24)25)12(10)15-13(19)7-1-3-8(4-2-7)16(20)21/h1-6H,(H,15,19). The van der Waals surface area contributed by atoms with Gasteiger partial charge in [-0.3, -0.25) is 35.1 Å².